The lowest BCUT2D eigenvalue weighted by molar-refractivity contribution is -0.384. The summed E-state index contributed by atoms with van der Waals surface area (Å²) in [5.41, 5.74) is 4.10. The maximum Gasteiger partial charge on any atom is 0.271 e. The standard InChI is InChI=1S/C25H21FN4O3S/c1-17-5-7-18(8-6-17)15-29-23(19-9-11-20(26)12-10-19)14-27-25(29)34-16-24(31)28-21-3-2-4-22(13-21)30(32)33/h2-14H,15-16H2,1H3,(H,28,31). The van der Waals surface area contributed by atoms with Crippen LogP contribution in [0.4, 0.5) is 15.8 Å². The van der Waals surface area contributed by atoms with Crippen LogP contribution < -0.4 is 5.32 Å². The molecule has 7 nitrogen and oxygen atoms in total. The minimum atomic E-state index is -0.511. The normalized spacial score (nSPS) is 10.8. The molecular weight excluding hydrogens is 455 g/mol. The van der Waals surface area contributed by atoms with Crippen LogP contribution in [0.1, 0.15) is 11.1 Å². The van der Waals surface area contributed by atoms with Crippen LogP contribution >= 0.6 is 11.8 Å². The zero-order valence-corrected chi connectivity index (χ0v) is 19.1. The highest BCUT2D eigenvalue weighted by atomic mass is 32.2. The topological polar surface area (TPSA) is 90.1 Å². The number of nitro groups is 1. The Morgan fingerprint density at radius 2 is 1.85 bits per heavy atom. The molecule has 0 aliphatic rings. The van der Waals surface area contributed by atoms with E-state index in [2.05, 4.69) is 10.3 Å². The van der Waals surface area contributed by atoms with Gasteiger partial charge in [0.15, 0.2) is 5.16 Å². The number of carbonyl (C=O) groups excluding carboxylic acids is 1. The van der Waals surface area contributed by atoms with E-state index in [4.69, 9.17) is 0 Å². The van der Waals surface area contributed by atoms with E-state index in [1.54, 1.807) is 24.4 Å². The summed E-state index contributed by atoms with van der Waals surface area (Å²) in [6.07, 6.45) is 1.71. The quantitative estimate of drug-likeness (QED) is 0.201. The molecule has 4 rings (SSSR count). The van der Waals surface area contributed by atoms with Crippen LogP contribution in [0, 0.1) is 22.9 Å². The Kier molecular flexibility index (Phi) is 7.03. The van der Waals surface area contributed by atoms with Gasteiger partial charge in [-0.15, -0.1) is 0 Å². The number of aromatic nitrogens is 2. The van der Waals surface area contributed by atoms with E-state index in [9.17, 15) is 19.3 Å². The average Bonchev–Trinajstić information content (AvgIpc) is 3.22. The molecule has 0 spiro atoms. The van der Waals surface area contributed by atoms with Gasteiger partial charge in [0.25, 0.3) is 5.69 Å². The predicted octanol–water partition coefficient (Wildman–Crippen LogP) is 5.68. The summed E-state index contributed by atoms with van der Waals surface area (Å²) in [4.78, 5) is 27.5. The van der Waals surface area contributed by atoms with Crippen molar-refractivity contribution in [3.63, 3.8) is 0 Å². The van der Waals surface area contributed by atoms with Crippen LogP contribution in [-0.4, -0.2) is 26.1 Å². The second-order valence-corrected chi connectivity index (χ2v) is 8.59. The molecule has 0 atom stereocenters. The highest BCUT2D eigenvalue weighted by Crippen LogP contribution is 2.28. The maximum atomic E-state index is 13.4. The van der Waals surface area contributed by atoms with Gasteiger partial charge in [0.05, 0.1) is 29.1 Å². The lowest BCUT2D eigenvalue weighted by atomic mass is 10.1. The molecule has 1 N–H and O–H groups in total. The Labute approximate surface area is 199 Å². The van der Waals surface area contributed by atoms with E-state index < -0.39 is 4.92 Å². The Morgan fingerprint density at radius 1 is 1.12 bits per heavy atom. The molecule has 3 aromatic carbocycles. The van der Waals surface area contributed by atoms with E-state index in [1.807, 2.05) is 35.8 Å². The first-order valence-electron chi connectivity index (χ1n) is 10.4. The molecule has 0 saturated heterocycles. The minimum absolute atomic E-state index is 0.0659. The number of rotatable bonds is 8. The van der Waals surface area contributed by atoms with Gasteiger partial charge >= 0.3 is 0 Å². The SMILES string of the molecule is Cc1ccc(Cn2c(-c3ccc(F)cc3)cnc2SCC(=O)Nc2cccc([N+](=O)[O-])c2)cc1. The van der Waals surface area contributed by atoms with Crippen molar-refractivity contribution in [2.45, 2.75) is 18.6 Å². The Balaban J connectivity index is 1.54. The van der Waals surface area contributed by atoms with Crippen molar-refractivity contribution >= 4 is 29.0 Å². The number of nitrogens with one attached hydrogen (secondary N) is 1. The number of amides is 1. The van der Waals surface area contributed by atoms with Crippen LogP contribution in [0.2, 0.25) is 0 Å². The van der Waals surface area contributed by atoms with E-state index in [-0.39, 0.29) is 23.2 Å². The van der Waals surface area contributed by atoms with E-state index in [0.717, 1.165) is 22.4 Å². The van der Waals surface area contributed by atoms with Gasteiger partial charge in [-0.3, -0.25) is 14.9 Å². The molecule has 9 heteroatoms. The summed E-state index contributed by atoms with van der Waals surface area (Å²) >= 11 is 1.26. The smallest absolute Gasteiger partial charge is 0.271 e. The summed E-state index contributed by atoms with van der Waals surface area (Å²) in [5.74, 6) is -0.560. The Morgan fingerprint density at radius 3 is 2.56 bits per heavy atom. The van der Waals surface area contributed by atoms with Crippen LogP contribution in [0.3, 0.4) is 0 Å². The number of halogens is 1. The second-order valence-electron chi connectivity index (χ2n) is 7.65. The van der Waals surface area contributed by atoms with Gasteiger partial charge in [0.1, 0.15) is 5.82 Å². The van der Waals surface area contributed by atoms with E-state index in [0.29, 0.717) is 17.4 Å². The van der Waals surface area contributed by atoms with Crippen molar-refractivity contribution in [2.75, 3.05) is 11.1 Å². The molecule has 172 valence electrons. The molecule has 4 aromatic rings. The number of benzene rings is 3. The molecule has 0 radical (unpaired) electrons. The molecule has 0 fully saturated rings. The molecular formula is C25H21FN4O3S. The van der Waals surface area contributed by atoms with Gasteiger partial charge in [0, 0.05) is 17.8 Å². The molecule has 1 amide bonds. The third kappa shape index (κ3) is 5.68. The molecule has 1 heterocycles. The van der Waals surface area contributed by atoms with Gasteiger partial charge in [-0.2, -0.15) is 0 Å². The zero-order valence-electron chi connectivity index (χ0n) is 18.3. The molecule has 0 bridgehead atoms. The van der Waals surface area contributed by atoms with Gasteiger partial charge in [-0.25, -0.2) is 9.37 Å². The Bertz CT molecular complexity index is 1320. The first kappa shape index (κ1) is 23.2. The number of hydrogen-bond acceptors (Lipinski definition) is 5. The highest BCUT2D eigenvalue weighted by molar-refractivity contribution is 7.99. The summed E-state index contributed by atoms with van der Waals surface area (Å²) in [7, 11) is 0. The van der Waals surface area contributed by atoms with Crippen molar-refractivity contribution in [1.82, 2.24) is 9.55 Å². The fourth-order valence-electron chi connectivity index (χ4n) is 3.38. The van der Waals surface area contributed by atoms with Crippen molar-refractivity contribution in [1.29, 1.82) is 0 Å². The maximum absolute atomic E-state index is 13.4. The second kappa shape index (κ2) is 10.3. The minimum Gasteiger partial charge on any atom is -0.325 e. The van der Waals surface area contributed by atoms with Crippen LogP contribution in [-0.2, 0) is 11.3 Å². The van der Waals surface area contributed by atoms with Gasteiger partial charge in [-0.05, 0) is 48.4 Å². The molecule has 0 aliphatic heterocycles. The van der Waals surface area contributed by atoms with Gasteiger partial charge < -0.3 is 9.88 Å². The third-order valence-electron chi connectivity index (χ3n) is 5.09. The van der Waals surface area contributed by atoms with Crippen molar-refractivity contribution in [2.24, 2.45) is 0 Å². The van der Waals surface area contributed by atoms with Crippen LogP contribution in [0.15, 0.2) is 84.1 Å². The number of non-ortho nitro benzene ring substituents is 1. The fraction of sp³-hybridized carbons (Fsp3) is 0.120. The first-order chi connectivity index (χ1) is 16.4. The van der Waals surface area contributed by atoms with Crippen molar-refractivity contribution < 1.29 is 14.1 Å². The molecule has 0 saturated carbocycles. The lowest BCUT2D eigenvalue weighted by Crippen LogP contribution is -2.15. The summed E-state index contributed by atoms with van der Waals surface area (Å²) < 4.78 is 15.4. The summed E-state index contributed by atoms with van der Waals surface area (Å²) in [6, 6.07) is 20.1. The predicted molar refractivity (Wildman–Crippen MR) is 130 cm³/mol. The summed E-state index contributed by atoms with van der Waals surface area (Å²) in [5, 5.41) is 14.3. The van der Waals surface area contributed by atoms with Crippen molar-refractivity contribution in [3.8, 4) is 11.3 Å². The monoisotopic (exact) mass is 476 g/mol. The number of carbonyl (C=O) groups is 1. The van der Waals surface area contributed by atoms with E-state index >= 15 is 0 Å². The highest BCUT2D eigenvalue weighted by Gasteiger charge is 2.15. The molecule has 0 aliphatic carbocycles. The number of hydrogen-bond donors (Lipinski definition) is 1. The average molecular weight is 477 g/mol. The molecule has 1 aromatic heterocycles. The first-order valence-corrected chi connectivity index (χ1v) is 11.4. The van der Waals surface area contributed by atoms with Crippen molar-refractivity contribution in [3.05, 3.63) is 106 Å². The fourth-order valence-corrected chi connectivity index (χ4v) is 4.16. The number of anilines is 1. The third-order valence-corrected chi connectivity index (χ3v) is 6.08. The number of aryl methyl sites for hydroxylation is 1. The van der Waals surface area contributed by atoms with Crippen LogP contribution in [0.5, 0.6) is 0 Å². The van der Waals surface area contributed by atoms with E-state index in [1.165, 1.54) is 42.1 Å². The summed E-state index contributed by atoms with van der Waals surface area (Å²) in [6.45, 7) is 2.55. The number of imidazole rings is 1. The molecule has 34 heavy (non-hydrogen) atoms. The molecule has 0 unspecified atom stereocenters. The number of nitro benzene ring substituents is 1. The van der Waals surface area contributed by atoms with Gasteiger partial charge in [0.2, 0.25) is 5.91 Å². The number of thioether (sulfide) groups is 1. The lowest BCUT2D eigenvalue weighted by Gasteiger charge is -2.13. The number of nitrogens with zero attached hydrogens (tertiary/aromatic N) is 3. The Hall–Kier alpha value is -3.98. The van der Waals surface area contributed by atoms with Gasteiger partial charge in [-0.1, -0.05) is 47.7 Å². The van der Waals surface area contributed by atoms with Crippen LogP contribution in [0.25, 0.3) is 11.3 Å². The zero-order chi connectivity index (χ0) is 24.1. The largest absolute Gasteiger partial charge is 0.325 e.